The lowest BCUT2D eigenvalue weighted by Crippen LogP contribution is -2.65. The zero-order valence-electron chi connectivity index (χ0n) is 10.5. The molecule has 0 spiro atoms. The molecule has 14 heteroatoms. The van der Waals surface area contributed by atoms with Crippen molar-refractivity contribution in [2.24, 2.45) is 0 Å². The van der Waals surface area contributed by atoms with Gasteiger partial charge in [-0.1, -0.05) is 0 Å². The number of hydrogen-bond acceptors (Lipinski definition) is 8. The maximum absolute atomic E-state index is 10.8. The minimum absolute atomic E-state index is 1.01. The molecule has 1 saturated carbocycles. The third-order valence-electron chi connectivity index (χ3n) is 2.81. The molecule has 0 heterocycles. The average molecular weight is 354 g/mol. The van der Waals surface area contributed by atoms with Crippen molar-refractivity contribution < 1.29 is 57.8 Å². The van der Waals surface area contributed by atoms with Crippen molar-refractivity contribution >= 4 is 15.6 Å². The van der Waals surface area contributed by atoms with Gasteiger partial charge in [0, 0.05) is 7.11 Å². The molecule has 1 rings (SSSR count). The van der Waals surface area contributed by atoms with Crippen LogP contribution in [-0.4, -0.2) is 78.6 Å². The van der Waals surface area contributed by atoms with E-state index in [9.17, 15) is 24.4 Å². The lowest BCUT2D eigenvalue weighted by Gasteiger charge is -2.44. The van der Waals surface area contributed by atoms with Crippen LogP contribution in [0.5, 0.6) is 0 Å². The maximum atomic E-state index is 10.8. The Morgan fingerprint density at radius 1 is 0.714 bits per heavy atom. The van der Waals surface area contributed by atoms with E-state index in [0.29, 0.717) is 0 Å². The molecule has 4 unspecified atom stereocenters. The normalized spacial score (nSPS) is 38.5. The van der Waals surface area contributed by atoms with Gasteiger partial charge in [0.15, 0.2) is 0 Å². The highest BCUT2D eigenvalue weighted by atomic mass is 31.2. The van der Waals surface area contributed by atoms with Gasteiger partial charge in [0.1, 0.15) is 36.6 Å². The number of rotatable bonds is 5. The Bertz CT molecular complexity index is 405. The Balaban J connectivity index is 3.09. The van der Waals surface area contributed by atoms with Crippen LogP contribution in [0.4, 0.5) is 0 Å². The van der Waals surface area contributed by atoms with E-state index in [1.807, 2.05) is 0 Å². The molecule has 0 aliphatic heterocycles. The average Bonchev–Trinajstić information content (AvgIpc) is 2.29. The molecule has 1 aliphatic rings. The summed E-state index contributed by atoms with van der Waals surface area (Å²) in [5, 5.41) is 29.4. The van der Waals surface area contributed by atoms with E-state index < -0.39 is 52.3 Å². The molecule has 1 aliphatic carbocycles. The summed E-state index contributed by atoms with van der Waals surface area (Å²) in [7, 11) is -9.29. The highest BCUT2D eigenvalue weighted by Gasteiger charge is 2.54. The first-order valence-corrected chi connectivity index (χ1v) is 8.48. The van der Waals surface area contributed by atoms with E-state index in [0.717, 1.165) is 7.11 Å². The Labute approximate surface area is 118 Å². The number of aliphatic hydroxyl groups excluding tert-OH is 3. The molecule has 7 N–H and O–H groups in total. The van der Waals surface area contributed by atoms with Crippen molar-refractivity contribution in [3.05, 3.63) is 0 Å². The Kier molecular flexibility index (Phi) is 6.07. The first-order chi connectivity index (χ1) is 9.37. The van der Waals surface area contributed by atoms with Crippen molar-refractivity contribution in [2.75, 3.05) is 7.11 Å². The van der Waals surface area contributed by atoms with Crippen molar-refractivity contribution in [1.29, 1.82) is 0 Å². The highest BCUT2D eigenvalue weighted by Crippen LogP contribution is 2.45. The third-order valence-corrected chi connectivity index (χ3v) is 3.85. The zero-order chi connectivity index (χ0) is 16.6. The summed E-state index contributed by atoms with van der Waals surface area (Å²) in [4.78, 5) is 34.9. The van der Waals surface area contributed by atoms with E-state index in [1.54, 1.807) is 0 Å². The molecule has 6 atom stereocenters. The van der Waals surface area contributed by atoms with Gasteiger partial charge in [0.05, 0.1) is 0 Å². The molecular weight excluding hydrogens is 338 g/mol. The summed E-state index contributed by atoms with van der Waals surface area (Å²) in [6, 6.07) is 0. The molecule has 0 bridgehead atoms. The molecule has 126 valence electrons. The molecule has 0 amide bonds. The molecule has 12 nitrogen and oxygen atoms in total. The topological polar surface area (TPSA) is 203 Å². The smallest absolute Gasteiger partial charge is 0.387 e. The van der Waals surface area contributed by atoms with E-state index >= 15 is 0 Å². The van der Waals surface area contributed by atoms with Crippen molar-refractivity contribution in [1.82, 2.24) is 0 Å². The van der Waals surface area contributed by atoms with Crippen LogP contribution >= 0.6 is 15.6 Å². The molecule has 0 aromatic carbocycles. The van der Waals surface area contributed by atoms with Crippen LogP contribution in [-0.2, 0) is 22.9 Å². The van der Waals surface area contributed by atoms with Gasteiger partial charge in [-0.2, -0.15) is 0 Å². The third kappa shape index (κ3) is 5.03. The van der Waals surface area contributed by atoms with Gasteiger partial charge >= 0.3 is 15.6 Å². The minimum atomic E-state index is -5.15. The molecule has 0 aromatic rings. The fourth-order valence-corrected chi connectivity index (χ4v) is 3.15. The predicted octanol–water partition coefficient (Wildman–Crippen LogP) is -2.95. The second-order valence-corrected chi connectivity index (χ2v) is 6.68. The molecule has 0 aromatic heterocycles. The number of hydrogen-bond donors (Lipinski definition) is 7. The molecule has 1 fully saturated rings. The monoisotopic (exact) mass is 354 g/mol. The Morgan fingerprint density at radius 3 is 1.24 bits per heavy atom. The Morgan fingerprint density at radius 2 is 1.00 bits per heavy atom. The van der Waals surface area contributed by atoms with Gasteiger partial charge < -0.3 is 39.6 Å². The van der Waals surface area contributed by atoms with E-state index in [-0.39, 0.29) is 0 Å². The Hall–Kier alpha value is 0.0600. The van der Waals surface area contributed by atoms with Gasteiger partial charge in [-0.15, -0.1) is 0 Å². The largest absolute Gasteiger partial charge is 0.470 e. The summed E-state index contributed by atoms with van der Waals surface area (Å²) >= 11 is 0. The molecule has 0 radical (unpaired) electrons. The van der Waals surface area contributed by atoms with Gasteiger partial charge in [-0.05, 0) is 0 Å². The highest BCUT2D eigenvalue weighted by molar-refractivity contribution is 7.46. The van der Waals surface area contributed by atoms with Gasteiger partial charge in [0.2, 0.25) is 0 Å². The van der Waals surface area contributed by atoms with E-state index in [2.05, 4.69) is 13.8 Å². The standard InChI is InChI=1S/C7H16O12P2/c1-17-5-2(8)6(18-20(11,12)13)4(10)7(3(5)9)19-21(14,15)16/h2-10H,1H3,(H2,11,12,13)(H2,14,15,16)/t2-,3?,4?,5?,6?,7-/m1/s1. The van der Waals surface area contributed by atoms with Crippen LogP contribution in [0.25, 0.3) is 0 Å². The number of phosphoric ester groups is 2. The van der Waals surface area contributed by atoms with Crippen molar-refractivity contribution in [3.63, 3.8) is 0 Å². The number of methoxy groups -OCH3 is 1. The quantitative estimate of drug-likeness (QED) is 0.248. The second-order valence-electron chi connectivity index (χ2n) is 4.29. The summed E-state index contributed by atoms with van der Waals surface area (Å²) in [5.41, 5.74) is 0. The summed E-state index contributed by atoms with van der Waals surface area (Å²) in [6.45, 7) is 0. The van der Waals surface area contributed by atoms with E-state index in [4.69, 9.17) is 19.6 Å². The SMILES string of the molecule is COC1C(O)[C@@H](OP(=O)(O)O)C(O)C(OP(=O)(O)O)[C@@H]1O. The van der Waals surface area contributed by atoms with Crippen molar-refractivity contribution in [3.8, 4) is 0 Å². The maximum Gasteiger partial charge on any atom is 0.470 e. The fraction of sp³-hybridized carbons (Fsp3) is 1.00. The van der Waals surface area contributed by atoms with E-state index in [1.165, 1.54) is 0 Å². The van der Waals surface area contributed by atoms with Crippen LogP contribution in [0, 0.1) is 0 Å². The first-order valence-electron chi connectivity index (χ1n) is 5.42. The predicted molar refractivity (Wildman–Crippen MR) is 62.7 cm³/mol. The van der Waals surface area contributed by atoms with Crippen LogP contribution in [0.15, 0.2) is 0 Å². The minimum Gasteiger partial charge on any atom is -0.387 e. The zero-order valence-corrected chi connectivity index (χ0v) is 12.3. The molecule has 21 heavy (non-hydrogen) atoms. The fourth-order valence-electron chi connectivity index (χ4n) is 2.01. The summed E-state index contributed by atoms with van der Waals surface area (Å²) in [5.74, 6) is 0. The summed E-state index contributed by atoms with van der Waals surface area (Å²) in [6.07, 6.45) is -11.5. The lowest BCUT2D eigenvalue weighted by molar-refractivity contribution is -0.222. The second kappa shape index (κ2) is 6.67. The van der Waals surface area contributed by atoms with Crippen LogP contribution in [0.2, 0.25) is 0 Å². The molecular formula is C7H16O12P2. The van der Waals surface area contributed by atoms with Crippen LogP contribution in [0.1, 0.15) is 0 Å². The molecule has 0 saturated heterocycles. The number of aliphatic hydroxyl groups is 3. The van der Waals surface area contributed by atoms with Gasteiger partial charge in [-0.25, -0.2) is 9.13 Å². The van der Waals surface area contributed by atoms with Gasteiger partial charge in [0.25, 0.3) is 0 Å². The number of phosphoric acid groups is 2. The van der Waals surface area contributed by atoms with Gasteiger partial charge in [-0.3, -0.25) is 9.05 Å². The first kappa shape index (κ1) is 19.1. The number of ether oxygens (including phenoxy) is 1. The summed E-state index contributed by atoms with van der Waals surface area (Å²) < 4.78 is 34.6. The lowest BCUT2D eigenvalue weighted by atomic mass is 9.85. The van der Waals surface area contributed by atoms with Crippen LogP contribution < -0.4 is 0 Å². The van der Waals surface area contributed by atoms with Crippen molar-refractivity contribution in [2.45, 2.75) is 36.6 Å². The van der Waals surface area contributed by atoms with Crippen LogP contribution in [0.3, 0.4) is 0 Å².